The van der Waals surface area contributed by atoms with E-state index in [-0.39, 0.29) is 34.9 Å². The number of rotatable bonds is 8. The van der Waals surface area contributed by atoms with Crippen LogP contribution in [0.5, 0.6) is 5.75 Å². The monoisotopic (exact) mass is 619 g/mol. The number of likely N-dealkylation sites (tertiary alicyclic amines) is 1. The third-order valence-electron chi connectivity index (χ3n) is 13.8. The van der Waals surface area contributed by atoms with E-state index < -0.39 is 0 Å². The number of carbonyl (C=O) groups excluding carboxylic acids is 1. The van der Waals surface area contributed by atoms with Crippen molar-refractivity contribution in [2.45, 2.75) is 109 Å². The Morgan fingerprint density at radius 2 is 1.84 bits per heavy atom. The molecule has 4 aliphatic carbocycles. The van der Waals surface area contributed by atoms with Gasteiger partial charge in [0.1, 0.15) is 5.75 Å². The molecule has 1 saturated heterocycles. The van der Waals surface area contributed by atoms with Crippen LogP contribution in [0.25, 0.3) is 0 Å². The third-order valence-corrected chi connectivity index (χ3v) is 13.8. The summed E-state index contributed by atoms with van der Waals surface area (Å²) in [6.07, 6.45) is 13.0. The summed E-state index contributed by atoms with van der Waals surface area (Å²) in [6, 6.07) is 8.98. The van der Waals surface area contributed by atoms with Crippen LogP contribution in [0.4, 0.5) is 0 Å². The van der Waals surface area contributed by atoms with Crippen molar-refractivity contribution in [3.63, 3.8) is 0 Å². The number of fused-ring (bicyclic) bond motifs is 5. The van der Waals surface area contributed by atoms with E-state index >= 15 is 0 Å². The highest BCUT2D eigenvalue weighted by molar-refractivity contribution is 5.96. The Kier molecular flexibility index (Phi) is 9.17. The molecule has 1 aromatic rings. The third kappa shape index (κ3) is 5.86. The van der Waals surface area contributed by atoms with E-state index in [1.54, 1.807) is 7.11 Å². The topological polar surface area (TPSA) is 83.4 Å². The Bertz CT molecular complexity index is 1290. The fourth-order valence-electron chi connectivity index (χ4n) is 10.8. The average Bonchev–Trinajstić information content (AvgIpc) is 3.33. The number of benzene rings is 1. The van der Waals surface area contributed by atoms with Crippen LogP contribution in [-0.4, -0.2) is 67.6 Å². The molecular formula is C38H57N3O4. The average molecular weight is 620 g/mol. The van der Waals surface area contributed by atoms with Gasteiger partial charge in [-0.05, 0) is 136 Å². The Balaban J connectivity index is 1.04. The second-order valence-electron chi connectivity index (χ2n) is 15.9. The summed E-state index contributed by atoms with van der Waals surface area (Å²) in [6.45, 7) is 11.1. The van der Waals surface area contributed by atoms with Gasteiger partial charge in [-0.15, -0.1) is 0 Å². The highest BCUT2D eigenvalue weighted by Crippen LogP contribution is 2.65. The first kappa shape index (κ1) is 32.6. The van der Waals surface area contributed by atoms with Gasteiger partial charge >= 0.3 is 0 Å². The molecule has 6 rings (SSSR count). The SMILES string of the molecule is COc1ccc([C@@]2(CCNC(=O)CO/N=C3\C=C4CC[C@H]5[C@@H]6CC[C@H](O)[C@@]6(C)CC[C@@H]5[C@@]4(C)CC3)C[C@H](C)N(C)C[C@H]2C)cc1. The van der Waals surface area contributed by atoms with E-state index in [0.717, 1.165) is 68.9 Å². The van der Waals surface area contributed by atoms with Gasteiger partial charge in [-0.2, -0.15) is 0 Å². The largest absolute Gasteiger partial charge is 0.497 e. The number of methoxy groups -OCH3 is 1. The molecule has 0 spiro atoms. The summed E-state index contributed by atoms with van der Waals surface area (Å²) < 4.78 is 5.42. The Morgan fingerprint density at radius 3 is 2.60 bits per heavy atom. The number of amides is 1. The molecule has 7 nitrogen and oxygen atoms in total. The quantitative estimate of drug-likeness (QED) is 0.325. The standard InChI is InChI=1S/C38H57N3O4/c1-25-23-41(5)26(2)22-38(25,27-7-10-30(44-6)11-8-27)19-20-39-35(43)24-45-40-29-15-17-36(3)28(21-29)9-12-31-32-13-14-34(42)37(32,4)18-16-33(31)36/h7-8,10-11,21,25-26,31-34,42H,9,12-20,22-24H2,1-6H3,(H,39,43)/b40-29-/t25-,26+,31+,32+,33+,34+,36+,37+,38+/m1/s1. The Morgan fingerprint density at radius 1 is 1.07 bits per heavy atom. The molecule has 1 amide bonds. The molecule has 0 radical (unpaired) electrons. The minimum Gasteiger partial charge on any atom is -0.497 e. The first-order valence-electron chi connectivity index (χ1n) is 17.7. The molecule has 7 heteroatoms. The zero-order chi connectivity index (χ0) is 32.0. The fraction of sp³-hybridized carbons (Fsp3) is 0.737. The van der Waals surface area contributed by atoms with Crippen molar-refractivity contribution >= 4 is 11.6 Å². The van der Waals surface area contributed by atoms with Crippen molar-refractivity contribution in [3.05, 3.63) is 41.5 Å². The summed E-state index contributed by atoms with van der Waals surface area (Å²) in [5.41, 5.74) is 4.14. The zero-order valence-corrected chi connectivity index (χ0v) is 28.6. The highest BCUT2D eigenvalue weighted by Gasteiger charge is 2.58. The molecule has 248 valence electrons. The lowest BCUT2D eigenvalue weighted by molar-refractivity contribution is -0.125. The van der Waals surface area contributed by atoms with Crippen LogP contribution in [0.2, 0.25) is 0 Å². The van der Waals surface area contributed by atoms with E-state index in [1.165, 1.54) is 30.4 Å². The number of nitrogens with one attached hydrogen (secondary N) is 1. The van der Waals surface area contributed by atoms with E-state index in [0.29, 0.717) is 30.3 Å². The number of hydrogen-bond donors (Lipinski definition) is 2. The maximum atomic E-state index is 12.9. The van der Waals surface area contributed by atoms with E-state index in [2.05, 4.69) is 80.5 Å². The summed E-state index contributed by atoms with van der Waals surface area (Å²) in [5.74, 6) is 3.30. The first-order valence-corrected chi connectivity index (χ1v) is 17.7. The molecular weight excluding hydrogens is 562 g/mol. The number of piperidine rings is 1. The molecule has 2 N–H and O–H groups in total. The summed E-state index contributed by atoms with van der Waals surface area (Å²) >= 11 is 0. The van der Waals surface area contributed by atoms with Crippen molar-refractivity contribution in [2.24, 2.45) is 39.7 Å². The number of ether oxygens (including phenoxy) is 1. The first-order chi connectivity index (χ1) is 21.5. The highest BCUT2D eigenvalue weighted by atomic mass is 16.6. The smallest absolute Gasteiger partial charge is 0.260 e. The number of nitrogens with zero attached hydrogens (tertiary/aromatic N) is 2. The minimum atomic E-state index is -0.122. The number of carbonyl (C=O) groups is 1. The molecule has 9 atom stereocenters. The van der Waals surface area contributed by atoms with Gasteiger partial charge in [-0.1, -0.05) is 43.6 Å². The number of allylic oxidation sites excluding steroid dienone is 2. The summed E-state index contributed by atoms with van der Waals surface area (Å²) in [5, 5.41) is 18.4. The number of aliphatic hydroxyl groups excluding tert-OH is 1. The van der Waals surface area contributed by atoms with Crippen LogP contribution < -0.4 is 10.1 Å². The molecule has 1 aromatic carbocycles. The molecule has 0 unspecified atom stereocenters. The minimum absolute atomic E-state index is 0.0129. The summed E-state index contributed by atoms with van der Waals surface area (Å²) in [7, 11) is 3.91. The van der Waals surface area contributed by atoms with Gasteiger partial charge in [0.2, 0.25) is 0 Å². The molecule has 5 aliphatic rings. The van der Waals surface area contributed by atoms with Crippen LogP contribution in [0.3, 0.4) is 0 Å². The van der Waals surface area contributed by atoms with Crippen LogP contribution >= 0.6 is 0 Å². The summed E-state index contributed by atoms with van der Waals surface area (Å²) in [4.78, 5) is 21.0. The van der Waals surface area contributed by atoms with Gasteiger partial charge in [0.25, 0.3) is 5.91 Å². The molecule has 4 fully saturated rings. The van der Waals surface area contributed by atoms with Gasteiger partial charge in [-0.3, -0.25) is 4.79 Å². The lowest BCUT2D eigenvalue weighted by Gasteiger charge is -2.57. The normalized spacial score (nSPS) is 40.6. The van der Waals surface area contributed by atoms with Crippen LogP contribution in [-0.2, 0) is 15.0 Å². The maximum absolute atomic E-state index is 12.9. The number of aliphatic hydroxyl groups is 1. The Labute approximate surface area is 271 Å². The predicted octanol–water partition coefficient (Wildman–Crippen LogP) is 6.50. The van der Waals surface area contributed by atoms with Gasteiger partial charge in [0.15, 0.2) is 6.61 Å². The maximum Gasteiger partial charge on any atom is 0.260 e. The van der Waals surface area contributed by atoms with E-state index in [4.69, 9.17) is 9.57 Å². The molecule has 1 aliphatic heterocycles. The number of hydrogen-bond acceptors (Lipinski definition) is 6. The molecule has 0 aromatic heterocycles. The number of oxime groups is 1. The van der Waals surface area contributed by atoms with Crippen molar-refractivity contribution in [1.29, 1.82) is 0 Å². The van der Waals surface area contributed by atoms with E-state index in [1.807, 2.05) is 0 Å². The molecule has 1 heterocycles. The zero-order valence-electron chi connectivity index (χ0n) is 28.6. The molecule has 45 heavy (non-hydrogen) atoms. The van der Waals surface area contributed by atoms with E-state index in [9.17, 15) is 9.90 Å². The van der Waals surface area contributed by atoms with Crippen LogP contribution in [0, 0.1) is 34.5 Å². The lowest BCUT2D eigenvalue weighted by atomic mass is 9.47. The predicted molar refractivity (Wildman–Crippen MR) is 179 cm³/mol. The van der Waals surface area contributed by atoms with Gasteiger partial charge in [-0.25, -0.2) is 0 Å². The van der Waals surface area contributed by atoms with Crippen LogP contribution in [0.15, 0.2) is 41.1 Å². The van der Waals surface area contributed by atoms with Crippen molar-refractivity contribution in [3.8, 4) is 5.75 Å². The van der Waals surface area contributed by atoms with Gasteiger partial charge in [0.05, 0.1) is 18.9 Å². The van der Waals surface area contributed by atoms with Crippen LogP contribution in [0.1, 0.15) is 97.5 Å². The van der Waals surface area contributed by atoms with Gasteiger partial charge in [0, 0.05) is 24.5 Å². The van der Waals surface area contributed by atoms with Crippen molar-refractivity contribution < 1.29 is 19.5 Å². The second-order valence-corrected chi connectivity index (χ2v) is 15.9. The van der Waals surface area contributed by atoms with Gasteiger partial charge < -0.3 is 24.9 Å². The van der Waals surface area contributed by atoms with Crippen molar-refractivity contribution in [1.82, 2.24) is 10.2 Å². The fourth-order valence-corrected chi connectivity index (χ4v) is 10.8. The van der Waals surface area contributed by atoms with Crippen molar-refractivity contribution in [2.75, 3.05) is 33.9 Å². The molecule has 0 bridgehead atoms. The molecule has 3 saturated carbocycles. The Hall–Kier alpha value is -2.38. The second kappa shape index (κ2) is 12.7. The lowest BCUT2D eigenvalue weighted by Crippen LogP contribution is -2.52.